The van der Waals surface area contributed by atoms with Gasteiger partial charge in [-0.3, -0.25) is 9.89 Å². The molecule has 1 heterocycles. The molecule has 0 amide bonds. The predicted molar refractivity (Wildman–Crippen MR) is 58.7 cm³/mol. The molecule has 2 aromatic rings. The van der Waals surface area contributed by atoms with Gasteiger partial charge in [0.2, 0.25) is 0 Å². The van der Waals surface area contributed by atoms with E-state index < -0.39 is 0 Å². The topological polar surface area (TPSA) is 78.2 Å². The summed E-state index contributed by atoms with van der Waals surface area (Å²) < 4.78 is 1.29. The van der Waals surface area contributed by atoms with Gasteiger partial charge in [0.1, 0.15) is 5.75 Å². The Balaban J connectivity index is 2.61. The number of aliphatic hydroxyl groups is 1. The number of hydrogen-bond acceptors (Lipinski definition) is 3. The Kier molecular flexibility index (Phi) is 2.54. The standard InChI is InChI=1S/C11H12N2O3/c1-7-10(6-14)11(16)13(12-7)8-3-2-4-9(15)5-8/h2-5,12,14-15H,6H2,1H3. The van der Waals surface area contributed by atoms with Crippen LogP contribution >= 0.6 is 0 Å². The molecule has 0 unspecified atom stereocenters. The van der Waals surface area contributed by atoms with Gasteiger partial charge in [-0.1, -0.05) is 6.07 Å². The number of aryl methyl sites for hydroxylation is 1. The number of H-pyrrole nitrogens is 1. The Morgan fingerprint density at radius 3 is 2.75 bits per heavy atom. The van der Waals surface area contributed by atoms with Crippen molar-refractivity contribution in [2.45, 2.75) is 13.5 Å². The third kappa shape index (κ3) is 1.61. The van der Waals surface area contributed by atoms with Crippen LogP contribution in [0.4, 0.5) is 0 Å². The van der Waals surface area contributed by atoms with Gasteiger partial charge < -0.3 is 10.2 Å². The molecule has 1 aromatic heterocycles. The molecule has 0 aliphatic rings. The summed E-state index contributed by atoms with van der Waals surface area (Å²) in [6, 6.07) is 6.33. The molecule has 16 heavy (non-hydrogen) atoms. The van der Waals surface area contributed by atoms with Crippen molar-refractivity contribution >= 4 is 0 Å². The van der Waals surface area contributed by atoms with E-state index in [2.05, 4.69) is 5.10 Å². The maximum absolute atomic E-state index is 11.8. The van der Waals surface area contributed by atoms with Crippen molar-refractivity contribution in [2.75, 3.05) is 0 Å². The van der Waals surface area contributed by atoms with E-state index in [-0.39, 0.29) is 17.9 Å². The van der Waals surface area contributed by atoms with Gasteiger partial charge in [0.15, 0.2) is 0 Å². The van der Waals surface area contributed by atoms with Crippen molar-refractivity contribution in [3.05, 3.63) is 45.9 Å². The van der Waals surface area contributed by atoms with Crippen LogP contribution in [-0.2, 0) is 6.61 Å². The van der Waals surface area contributed by atoms with Gasteiger partial charge in [-0.25, -0.2) is 4.68 Å². The molecule has 0 aliphatic carbocycles. The average Bonchev–Trinajstić information content (AvgIpc) is 2.54. The molecular formula is C11H12N2O3. The predicted octanol–water partition coefficient (Wildman–Crippen LogP) is 0.672. The monoisotopic (exact) mass is 220 g/mol. The first kappa shape index (κ1) is 10.5. The number of hydrogen-bond donors (Lipinski definition) is 3. The highest BCUT2D eigenvalue weighted by Crippen LogP contribution is 2.14. The molecule has 0 fully saturated rings. The van der Waals surface area contributed by atoms with Gasteiger partial charge >= 0.3 is 0 Å². The summed E-state index contributed by atoms with van der Waals surface area (Å²) >= 11 is 0. The molecule has 0 aliphatic heterocycles. The fourth-order valence-electron chi connectivity index (χ4n) is 1.58. The number of benzene rings is 1. The molecule has 0 radical (unpaired) electrons. The highest BCUT2D eigenvalue weighted by atomic mass is 16.3. The van der Waals surface area contributed by atoms with Crippen LogP contribution in [0.15, 0.2) is 29.1 Å². The second-order valence-corrected chi connectivity index (χ2v) is 3.53. The number of rotatable bonds is 2. The quantitative estimate of drug-likeness (QED) is 0.696. The fourth-order valence-corrected chi connectivity index (χ4v) is 1.58. The van der Waals surface area contributed by atoms with Gasteiger partial charge in [0.05, 0.1) is 17.9 Å². The highest BCUT2D eigenvalue weighted by molar-refractivity contribution is 5.38. The number of nitrogens with zero attached hydrogens (tertiary/aromatic N) is 1. The largest absolute Gasteiger partial charge is 0.508 e. The number of aromatic amines is 1. The van der Waals surface area contributed by atoms with E-state index in [1.54, 1.807) is 19.1 Å². The summed E-state index contributed by atoms with van der Waals surface area (Å²) in [6.07, 6.45) is 0. The maximum Gasteiger partial charge on any atom is 0.277 e. The molecule has 3 N–H and O–H groups in total. The molecule has 0 bridgehead atoms. The van der Waals surface area contributed by atoms with E-state index in [4.69, 9.17) is 5.11 Å². The van der Waals surface area contributed by atoms with Gasteiger partial charge in [0.25, 0.3) is 5.56 Å². The van der Waals surface area contributed by atoms with Crippen molar-refractivity contribution in [3.8, 4) is 11.4 Å². The van der Waals surface area contributed by atoms with Crippen LogP contribution in [0.2, 0.25) is 0 Å². The number of nitrogens with one attached hydrogen (secondary N) is 1. The van der Waals surface area contributed by atoms with Crippen molar-refractivity contribution in [1.82, 2.24) is 9.78 Å². The smallest absolute Gasteiger partial charge is 0.277 e. The lowest BCUT2D eigenvalue weighted by Gasteiger charge is -2.01. The summed E-state index contributed by atoms with van der Waals surface area (Å²) in [7, 11) is 0. The Labute approximate surface area is 91.6 Å². The third-order valence-corrected chi connectivity index (χ3v) is 2.44. The number of aromatic hydroxyl groups is 1. The van der Waals surface area contributed by atoms with Crippen molar-refractivity contribution in [1.29, 1.82) is 0 Å². The van der Waals surface area contributed by atoms with E-state index in [0.717, 1.165) is 0 Å². The van der Waals surface area contributed by atoms with Crippen molar-refractivity contribution < 1.29 is 10.2 Å². The van der Waals surface area contributed by atoms with E-state index in [1.165, 1.54) is 16.8 Å². The second kappa shape index (κ2) is 3.86. The van der Waals surface area contributed by atoms with Crippen LogP contribution in [0.1, 0.15) is 11.3 Å². The number of phenols is 1. The molecule has 0 saturated carbocycles. The third-order valence-electron chi connectivity index (χ3n) is 2.44. The molecule has 84 valence electrons. The van der Waals surface area contributed by atoms with E-state index in [0.29, 0.717) is 16.9 Å². The number of aliphatic hydroxyl groups excluding tert-OH is 1. The number of phenolic OH excluding ortho intramolecular Hbond substituents is 1. The zero-order valence-corrected chi connectivity index (χ0v) is 8.77. The average molecular weight is 220 g/mol. The Morgan fingerprint density at radius 2 is 2.19 bits per heavy atom. The number of aromatic nitrogens is 2. The van der Waals surface area contributed by atoms with Crippen molar-refractivity contribution in [2.24, 2.45) is 0 Å². The summed E-state index contributed by atoms with van der Waals surface area (Å²) in [5, 5.41) is 21.2. The lowest BCUT2D eigenvalue weighted by atomic mass is 10.3. The lowest BCUT2D eigenvalue weighted by Crippen LogP contribution is -2.17. The summed E-state index contributed by atoms with van der Waals surface area (Å²) in [4.78, 5) is 11.8. The first-order chi connectivity index (χ1) is 7.63. The Hall–Kier alpha value is -2.01. The second-order valence-electron chi connectivity index (χ2n) is 3.53. The molecule has 0 spiro atoms. The van der Waals surface area contributed by atoms with E-state index >= 15 is 0 Å². The van der Waals surface area contributed by atoms with Gasteiger partial charge in [-0.05, 0) is 19.1 Å². The molecular weight excluding hydrogens is 208 g/mol. The zero-order valence-electron chi connectivity index (χ0n) is 8.77. The van der Waals surface area contributed by atoms with Crippen LogP contribution in [0.5, 0.6) is 5.75 Å². The minimum Gasteiger partial charge on any atom is -0.508 e. The van der Waals surface area contributed by atoms with Gasteiger partial charge in [-0.15, -0.1) is 0 Å². The molecule has 2 rings (SSSR count). The minimum absolute atomic E-state index is 0.0854. The van der Waals surface area contributed by atoms with Gasteiger partial charge in [-0.2, -0.15) is 0 Å². The minimum atomic E-state index is -0.300. The van der Waals surface area contributed by atoms with Crippen LogP contribution in [0.3, 0.4) is 0 Å². The Bertz CT molecular complexity index is 569. The fraction of sp³-hybridized carbons (Fsp3) is 0.182. The first-order valence-corrected chi connectivity index (χ1v) is 4.84. The van der Waals surface area contributed by atoms with Crippen LogP contribution in [0, 0.1) is 6.92 Å². The van der Waals surface area contributed by atoms with Crippen molar-refractivity contribution in [3.63, 3.8) is 0 Å². The highest BCUT2D eigenvalue weighted by Gasteiger charge is 2.11. The van der Waals surface area contributed by atoms with E-state index in [1.807, 2.05) is 0 Å². The molecule has 5 heteroatoms. The maximum atomic E-state index is 11.8. The SMILES string of the molecule is Cc1[nH]n(-c2cccc(O)c2)c(=O)c1CO. The lowest BCUT2D eigenvalue weighted by molar-refractivity contribution is 0.280. The Morgan fingerprint density at radius 1 is 1.44 bits per heavy atom. The normalized spacial score (nSPS) is 10.6. The van der Waals surface area contributed by atoms with Crippen LogP contribution < -0.4 is 5.56 Å². The van der Waals surface area contributed by atoms with E-state index in [9.17, 15) is 9.90 Å². The summed E-state index contributed by atoms with van der Waals surface area (Å²) in [5.74, 6) is 0.0854. The zero-order chi connectivity index (χ0) is 11.7. The summed E-state index contributed by atoms with van der Waals surface area (Å²) in [5.41, 5.74) is 1.19. The molecule has 5 nitrogen and oxygen atoms in total. The molecule has 0 atom stereocenters. The van der Waals surface area contributed by atoms with Gasteiger partial charge in [0, 0.05) is 11.8 Å². The van der Waals surface area contributed by atoms with Crippen LogP contribution in [0.25, 0.3) is 5.69 Å². The molecule has 0 saturated heterocycles. The first-order valence-electron chi connectivity index (χ1n) is 4.84. The van der Waals surface area contributed by atoms with Crippen LogP contribution in [-0.4, -0.2) is 20.0 Å². The summed E-state index contributed by atoms with van der Waals surface area (Å²) in [6.45, 7) is 1.42. The molecule has 1 aromatic carbocycles.